The Morgan fingerprint density at radius 1 is 1.27 bits per heavy atom. The molecule has 0 saturated heterocycles. The predicted octanol–water partition coefficient (Wildman–Crippen LogP) is 3.88. The van der Waals surface area contributed by atoms with E-state index in [4.69, 9.17) is 14.3 Å². The van der Waals surface area contributed by atoms with Crippen molar-refractivity contribution in [1.82, 2.24) is 10.3 Å². The Morgan fingerprint density at radius 2 is 2.03 bits per heavy atom. The van der Waals surface area contributed by atoms with Crippen LogP contribution in [0.15, 0.2) is 41.1 Å². The minimum Gasteiger partial charge on any atom is -0.496 e. The molecular weight excluding hydrogens is 494 g/mol. The van der Waals surface area contributed by atoms with Crippen molar-refractivity contribution >= 4 is 34.4 Å². The average molecular weight is 528 g/mol. The summed E-state index contributed by atoms with van der Waals surface area (Å²) < 4.78 is 10.9. The topological polar surface area (TPSA) is 122 Å². The van der Waals surface area contributed by atoms with Crippen LogP contribution in [0, 0.1) is 18.8 Å². The fourth-order valence-corrected chi connectivity index (χ4v) is 5.47. The average Bonchev–Trinajstić information content (AvgIpc) is 3.55. The normalized spacial score (nSPS) is 12.6. The Bertz CT molecular complexity index is 1210. The molecule has 0 radical (unpaired) electrons. The molecule has 2 unspecified atom stereocenters. The van der Waals surface area contributed by atoms with E-state index in [1.807, 2.05) is 31.2 Å². The number of ketones is 1. The molecule has 10 heteroatoms. The minimum atomic E-state index is -0.484. The van der Waals surface area contributed by atoms with Gasteiger partial charge in [-0.2, -0.15) is 0 Å². The van der Waals surface area contributed by atoms with E-state index in [9.17, 15) is 14.4 Å². The number of ether oxygens (including phenoxy) is 1. The molecule has 2 amide bonds. The Labute approximate surface area is 220 Å². The maximum Gasteiger partial charge on any atom is 0.236 e. The summed E-state index contributed by atoms with van der Waals surface area (Å²) in [5.74, 6) is -0.179. The van der Waals surface area contributed by atoms with Gasteiger partial charge in [0.2, 0.25) is 18.2 Å². The van der Waals surface area contributed by atoms with Crippen LogP contribution in [-0.2, 0) is 16.0 Å². The third-order valence-electron chi connectivity index (χ3n) is 6.22. The van der Waals surface area contributed by atoms with Crippen molar-refractivity contribution in [2.75, 3.05) is 31.7 Å². The number of benzene rings is 1. The zero-order chi connectivity index (χ0) is 26.9. The molecule has 2 atom stereocenters. The van der Waals surface area contributed by atoms with E-state index in [1.165, 1.54) is 28.7 Å². The van der Waals surface area contributed by atoms with Crippen LogP contribution in [-0.4, -0.2) is 55.0 Å². The summed E-state index contributed by atoms with van der Waals surface area (Å²) in [6.07, 6.45) is 4.57. The number of aliphatic hydroxyl groups excluding tert-OH is 1. The van der Waals surface area contributed by atoms with Crippen LogP contribution in [0.2, 0.25) is 0 Å². The van der Waals surface area contributed by atoms with E-state index >= 15 is 0 Å². The van der Waals surface area contributed by atoms with Gasteiger partial charge in [0.1, 0.15) is 17.0 Å². The molecule has 2 aromatic heterocycles. The van der Waals surface area contributed by atoms with Crippen LogP contribution in [0.25, 0.3) is 10.8 Å². The van der Waals surface area contributed by atoms with E-state index in [0.29, 0.717) is 46.3 Å². The molecule has 2 N–H and O–H groups in total. The van der Waals surface area contributed by atoms with E-state index in [-0.39, 0.29) is 24.8 Å². The standard InChI is InChI=1S/C27H33N3O6S/c1-17(15-18(2)25(34)28-10-13-31)23(33)22-19(3)24(26-29-11-14-36-26)37-27(22)30(16-32)12-9-20-7-5-6-8-21(20)35-4/h5-8,11,14,16-18,31H,9-10,12-13,15H2,1-4H3,(H,28,34). The number of rotatable bonds is 14. The fraction of sp³-hybridized carbons (Fsp3) is 0.407. The van der Waals surface area contributed by atoms with Crippen LogP contribution < -0.4 is 15.0 Å². The lowest BCUT2D eigenvalue weighted by molar-refractivity contribution is -0.125. The van der Waals surface area contributed by atoms with Gasteiger partial charge in [-0.25, -0.2) is 4.98 Å². The second-order valence-corrected chi connectivity index (χ2v) is 9.85. The lowest BCUT2D eigenvalue weighted by atomic mass is 9.89. The lowest BCUT2D eigenvalue weighted by Gasteiger charge is -2.21. The molecular formula is C27H33N3O6S. The van der Waals surface area contributed by atoms with Gasteiger partial charge in [-0.1, -0.05) is 32.0 Å². The number of thiophene rings is 1. The Kier molecular flexibility index (Phi) is 9.99. The summed E-state index contributed by atoms with van der Waals surface area (Å²) in [4.78, 5) is 44.8. The number of nitrogens with zero attached hydrogens (tertiary/aromatic N) is 2. The first-order chi connectivity index (χ1) is 17.8. The van der Waals surface area contributed by atoms with Gasteiger partial charge in [-0.3, -0.25) is 14.4 Å². The number of nitrogens with one attached hydrogen (secondary N) is 1. The first-order valence-electron chi connectivity index (χ1n) is 12.1. The van der Waals surface area contributed by atoms with Crippen LogP contribution in [0.1, 0.15) is 41.8 Å². The highest BCUT2D eigenvalue weighted by atomic mass is 32.1. The SMILES string of the molecule is COc1ccccc1CCN(C=O)c1sc(-c2ncco2)c(C)c1C(=O)C(C)CC(C)C(=O)NCCO. The van der Waals surface area contributed by atoms with Crippen molar-refractivity contribution in [3.8, 4) is 16.5 Å². The number of oxazole rings is 1. The van der Waals surface area contributed by atoms with E-state index in [1.54, 1.807) is 21.0 Å². The van der Waals surface area contributed by atoms with Crippen LogP contribution in [0.5, 0.6) is 5.75 Å². The third kappa shape index (κ3) is 6.64. The van der Waals surface area contributed by atoms with Crippen molar-refractivity contribution in [1.29, 1.82) is 0 Å². The molecule has 3 aromatic rings. The van der Waals surface area contributed by atoms with Gasteiger partial charge in [0, 0.05) is 24.9 Å². The highest BCUT2D eigenvalue weighted by Gasteiger charge is 2.31. The van der Waals surface area contributed by atoms with Gasteiger partial charge in [0.25, 0.3) is 0 Å². The minimum absolute atomic E-state index is 0.148. The van der Waals surface area contributed by atoms with Crippen LogP contribution in [0.4, 0.5) is 5.00 Å². The van der Waals surface area contributed by atoms with Crippen molar-refractivity contribution in [2.24, 2.45) is 11.8 Å². The smallest absolute Gasteiger partial charge is 0.236 e. The highest BCUT2D eigenvalue weighted by molar-refractivity contribution is 7.20. The number of methoxy groups -OCH3 is 1. The molecule has 0 aliphatic heterocycles. The number of aromatic nitrogens is 1. The molecule has 0 aliphatic rings. The fourth-order valence-electron chi connectivity index (χ4n) is 4.23. The zero-order valence-electron chi connectivity index (χ0n) is 21.5. The van der Waals surface area contributed by atoms with Crippen molar-refractivity contribution < 1.29 is 28.6 Å². The van der Waals surface area contributed by atoms with Gasteiger partial charge in [0.15, 0.2) is 5.78 Å². The van der Waals surface area contributed by atoms with Gasteiger partial charge in [-0.15, -0.1) is 11.3 Å². The van der Waals surface area contributed by atoms with Crippen LogP contribution >= 0.6 is 11.3 Å². The first kappa shape index (κ1) is 28.1. The second-order valence-electron chi connectivity index (χ2n) is 8.85. The molecule has 0 fully saturated rings. The second kappa shape index (κ2) is 13.2. The number of amides is 2. The maximum absolute atomic E-state index is 13.8. The Balaban J connectivity index is 1.92. The van der Waals surface area contributed by atoms with E-state index in [2.05, 4.69) is 10.3 Å². The molecule has 0 aliphatic carbocycles. The number of carbonyl (C=O) groups excluding carboxylic acids is 3. The number of carbonyl (C=O) groups is 3. The molecule has 1 aromatic carbocycles. The molecule has 0 saturated carbocycles. The molecule has 37 heavy (non-hydrogen) atoms. The highest BCUT2D eigenvalue weighted by Crippen LogP contribution is 2.42. The number of Topliss-reactive ketones (excluding diaryl/α,β-unsaturated/α-hetero) is 1. The number of para-hydroxylation sites is 1. The van der Waals surface area contributed by atoms with Gasteiger partial charge in [-0.05, 0) is 37.0 Å². The maximum atomic E-state index is 13.8. The van der Waals surface area contributed by atoms with E-state index in [0.717, 1.165) is 17.7 Å². The van der Waals surface area contributed by atoms with Crippen molar-refractivity contribution in [3.63, 3.8) is 0 Å². The van der Waals surface area contributed by atoms with Crippen LogP contribution in [0.3, 0.4) is 0 Å². The molecule has 0 bridgehead atoms. The summed E-state index contributed by atoms with van der Waals surface area (Å²) in [6.45, 7) is 5.71. The Hall–Kier alpha value is -3.50. The first-order valence-corrected chi connectivity index (χ1v) is 12.9. The third-order valence-corrected chi connectivity index (χ3v) is 7.53. The van der Waals surface area contributed by atoms with Crippen molar-refractivity contribution in [3.05, 3.63) is 53.4 Å². The predicted molar refractivity (Wildman–Crippen MR) is 142 cm³/mol. The lowest BCUT2D eigenvalue weighted by Crippen LogP contribution is -2.33. The number of hydrogen-bond donors (Lipinski definition) is 2. The summed E-state index contributed by atoms with van der Waals surface area (Å²) >= 11 is 1.28. The Morgan fingerprint density at radius 3 is 2.68 bits per heavy atom. The summed E-state index contributed by atoms with van der Waals surface area (Å²) in [5.41, 5.74) is 2.06. The van der Waals surface area contributed by atoms with E-state index < -0.39 is 11.8 Å². The summed E-state index contributed by atoms with van der Waals surface area (Å²) in [6, 6.07) is 7.60. The molecule has 198 valence electrons. The molecule has 9 nitrogen and oxygen atoms in total. The number of anilines is 1. The number of hydrogen-bond acceptors (Lipinski definition) is 8. The molecule has 3 rings (SSSR count). The largest absolute Gasteiger partial charge is 0.496 e. The summed E-state index contributed by atoms with van der Waals surface area (Å²) in [5, 5.41) is 12.1. The monoisotopic (exact) mass is 527 g/mol. The zero-order valence-corrected chi connectivity index (χ0v) is 22.3. The number of aliphatic hydroxyl groups is 1. The molecule has 2 heterocycles. The van der Waals surface area contributed by atoms with Gasteiger partial charge in [0.05, 0.1) is 30.4 Å². The summed E-state index contributed by atoms with van der Waals surface area (Å²) in [7, 11) is 1.60. The quantitative estimate of drug-likeness (QED) is 0.241. The molecule has 0 spiro atoms. The van der Waals surface area contributed by atoms with Gasteiger partial charge < -0.3 is 24.5 Å². The van der Waals surface area contributed by atoms with Gasteiger partial charge >= 0.3 is 0 Å². The van der Waals surface area contributed by atoms with Crippen molar-refractivity contribution in [2.45, 2.75) is 33.6 Å².